The lowest BCUT2D eigenvalue weighted by Gasteiger charge is -2.02. The number of cyclic esters (lactones) is 2. The zero-order valence-electron chi connectivity index (χ0n) is 7.66. The highest BCUT2D eigenvalue weighted by atomic mass is 16.6. The van der Waals surface area contributed by atoms with Crippen molar-refractivity contribution >= 4 is 11.9 Å². The van der Waals surface area contributed by atoms with E-state index in [9.17, 15) is 9.59 Å². The van der Waals surface area contributed by atoms with Gasteiger partial charge in [0, 0.05) is 11.1 Å². The first-order valence-electron chi connectivity index (χ1n) is 4.16. The lowest BCUT2D eigenvalue weighted by molar-refractivity contribution is -0.151. The van der Waals surface area contributed by atoms with Gasteiger partial charge >= 0.3 is 11.9 Å². The van der Waals surface area contributed by atoms with Crippen molar-refractivity contribution < 1.29 is 19.4 Å². The number of hydrogen-bond donors (Lipinski definition) is 1. The summed E-state index contributed by atoms with van der Waals surface area (Å²) in [6.45, 7) is 3.20. The van der Waals surface area contributed by atoms with Gasteiger partial charge in [-0.15, -0.1) is 0 Å². The number of esters is 2. The summed E-state index contributed by atoms with van der Waals surface area (Å²) >= 11 is 0. The topological polar surface area (TPSA) is 63.6 Å². The predicted octanol–water partition coefficient (Wildman–Crippen LogP) is 0.547. The second-order valence-electron chi connectivity index (χ2n) is 3.17. The molecule has 1 rings (SSSR count). The first-order chi connectivity index (χ1) is 6.02. The summed E-state index contributed by atoms with van der Waals surface area (Å²) in [5.74, 6) is -1.13. The summed E-state index contributed by atoms with van der Waals surface area (Å²) in [4.78, 5) is 21.9. The maximum absolute atomic E-state index is 11.0. The van der Waals surface area contributed by atoms with E-state index in [-0.39, 0.29) is 0 Å². The first kappa shape index (κ1) is 9.92. The van der Waals surface area contributed by atoms with Crippen LogP contribution in [-0.2, 0) is 14.3 Å². The van der Waals surface area contributed by atoms with Crippen molar-refractivity contribution in [3.8, 4) is 0 Å². The summed E-state index contributed by atoms with van der Waals surface area (Å²) < 4.78 is 4.38. The highest BCUT2D eigenvalue weighted by Crippen LogP contribution is 2.21. The monoisotopic (exact) mass is 184 g/mol. The molecule has 1 atom stereocenters. The molecule has 0 radical (unpaired) electrons. The highest BCUT2D eigenvalue weighted by molar-refractivity contribution is 6.11. The molecular weight excluding hydrogens is 172 g/mol. The van der Waals surface area contributed by atoms with Gasteiger partial charge in [0.25, 0.3) is 0 Å². The predicted molar refractivity (Wildman–Crippen MR) is 44.7 cm³/mol. The van der Waals surface area contributed by atoms with Crippen LogP contribution >= 0.6 is 0 Å². The van der Waals surface area contributed by atoms with Crippen molar-refractivity contribution in [1.29, 1.82) is 0 Å². The smallest absolute Gasteiger partial charge is 0.342 e. The van der Waals surface area contributed by atoms with E-state index in [2.05, 4.69) is 4.74 Å². The molecule has 1 aliphatic rings. The van der Waals surface area contributed by atoms with Crippen molar-refractivity contribution in [3.63, 3.8) is 0 Å². The third-order valence-corrected chi connectivity index (χ3v) is 2.00. The normalized spacial score (nSPS) is 19.3. The van der Waals surface area contributed by atoms with Crippen LogP contribution in [0.3, 0.4) is 0 Å². The number of carbonyl (C=O) groups is 2. The Bertz CT molecular complexity index is 275. The molecule has 0 aromatic carbocycles. The van der Waals surface area contributed by atoms with E-state index in [1.807, 2.05) is 0 Å². The van der Waals surface area contributed by atoms with Gasteiger partial charge in [0.05, 0.1) is 6.10 Å². The Morgan fingerprint density at radius 2 is 2.00 bits per heavy atom. The molecule has 1 heterocycles. The molecule has 4 heteroatoms. The minimum atomic E-state index is -0.567. The number of ether oxygens (including phenoxy) is 1. The van der Waals surface area contributed by atoms with E-state index in [0.717, 1.165) is 0 Å². The van der Waals surface area contributed by atoms with Gasteiger partial charge in [0.2, 0.25) is 0 Å². The Kier molecular flexibility index (Phi) is 2.83. The minimum absolute atomic E-state index is 0.366. The third-order valence-electron chi connectivity index (χ3n) is 2.00. The average Bonchev–Trinajstić information content (AvgIpc) is 2.24. The number of aliphatic hydroxyl groups is 1. The first-order valence-corrected chi connectivity index (χ1v) is 4.16. The van der Waals surface area contributed by atoms with Crippen molar-refractivity contribution in [2.24, 2.45) is 0 Å². The number of hydrogen-bond acceptors (Lipinski definition) is 4. The van der Waals surface area contributed by atoms with Crippen LogP contribution in [0.4, 0.5) is 0 Å². The average molecular weight is 184 g/mol. The Morgan fingerprint density at radius 3 is 2.38 bits per heavy atom. The summed E-state index contributed by atoms with van der Waals surface area (Å²) in [6.07, 6.45) is 0.396. The lowest BCUT2D eigenvalue weighted by atomic mass is 10.0. The molecule has 0 aliphatic carbocycles. The van der Waals surface area contributed by atoms with Crippen molar-refractivity contribution in [2.45, 2.75) is 32.8 Å². The van der Waals surface area contributed by atoms with Crippen LogP contribution in [0.5, 0.6) is 0 Å². The SMILES string of the molecule is CC1=C(CCC(C)O)C(=O)OC1=O. The Balaban J connectivity index is 2.67. The standard InChI is InChI=1S/C9H12O4/c1-5(10)3-4-7-6(2)8(11)13-9(7)12/h5,10H,3-4H2,1-2H3. The molecule has 0 bridgehead atoms. The van der Waals surface area contributed by atoms with Gasteiger partial charge in [-0.2, -0.15) is 0 Å². The summed E-state index contributed by atoms with van der Waals surface area (Å²) in [5.41, 5.74) is 0.761. The van der Waals surface area contributed by atoms with Gasteiger partial charge in [-0.25, -0.2) is 9.59 Å². The van der Waals surface area contributed by atoms with Crippen molar-refractivity contribution in [3.05, 3.63) is 11.1 Å². The number of rotatable bonds is 3. The van der Waals surface area contributed by atoms with Crippen LogP contribution in [0.1, 0.15) is 26.7 Å². The van der Waals surface area contributed by atoms with E-state index in [1.54, 1.807) is 13.8 Å². The summed E-state index contributed by atoms with van der Waals surface area (Å²) in [6, 6.07) is 0. The van der Waals surface area contributed by atoms with E-state index in [1.165, 1.54) is 0 Å². The molecule has 0 saturated carbocycles. The second-order valence-corrected chi connectivity index (χ2v) is 3.17. The van der Waals surface area contributed by atoms with E-state index in [0.29, 0.717) is 24.0 Å². The molecule has 1 aliphatic heterocycles. The molecule has 0 aromatic heterocycles. The molecule has 0 fully saturated rings. The Morgan fingerprint density at radius 1 is 1.38 bits per heavy atom. The molecule has 0 amide bonds. The fourth-order valence-corrected chi connectivity index (χ4v) is 1.14. The molecule has 72 valence electrons. The van der Waals surface area contributed by atoms with Gasteiger partial charge in [-0.1, -0.05) is 0 Å². The molecule has 0 aromatic rings. The van der Waals surface area contributed by atoms with Crippen LogP contribution in [0.2, 0.25) is 0 Å². The van der Waals surface area contributed by atoms with Crippen LogP contribution in [0.25, 0.3) is 0 Å². The van der Waals surface area contributed by atoms with Crippen LogP contribution in [0, 0.1) is 0 Å². The summed E-state index contributed by atoms with van der Waals surface area (Å²) in [7, 11) is 0. The Hall–Kier alpha value is -1.16. The molecule has 1 unspecified atom stereocenters. The van der Waals surface area contributed by atoms with Gasteiger partial charge in [0.15, 0.2) is 0 Å². The van der Waals surface area contributed by atoms with E-state index in [4.69, 9.17) is 5.11 Å². The van der Waals surface area contributed by atoms with Crippen LogP contribution in [0.15, 0.2) is 11.1 Å². The van der Waals surface area contributed by atoms with Gasteiger partial charge in [0.1, 0.15) is 0 Å². The lowest BCUT2D eigenvalue weighted by Crippen LogP contribution is -2.05. The fourth-order valence-electron chi connectivity index (χ4n) is 1.14. The third kappa shape index (κ3) is 2.15. The quantitative estimate of drug-likeness (QED) is 0.513. The van der Waals surface area contributed by atoms with Crippen molar-refractivity contribution in [2.75, 3.05) is 0 Å². The van der Waals surface area contributed by atoms with Gasteiger partial charge < -0.3 is 9.84 Å². The zero-order valence-corrected chi connectivity index (χ0v) is 7.66. The van der Waals surface area contributed by atoms with Gasteiger partial charge in [-0.05, 0) is 26.7 Å². The molecular formula is C9H12O4. The summed E-state index contributed by atoms with van der Waals surface area (Å²) in [5, 5.41) is 8.99. The van der Waals surface area contributed by atoms with Crippen LogP contribution < -0.4 is 0 Å². The zero-order chi connectivity index (χ0) is 10.0. The minimum Gasteiger partial charge on any atom is -0.393 e. The highest BCUT2D eigenvalue weighted by Gasteiger charge is 2.29. The largest absolute Gasteiger partial charge is 0.393 e. The number of aliphatic hydroxyl groups excluding tert-OH is 1. The van der Waals surface area contributed by atoms with E-state index < -0.39 is 18.0 Å². The molecule has 4 nitrogen and oxygen atoms in total. The molecule has 13 heavy (non-hydrogen) atoms. The second kappa shape index (κ2) is 3.70. The maximum Gasteiger partial charge on any atom is 0.342 e. The molecule has 1 N–H and O–H groups in total. The van der Waals surface area contributed by atoms with Gasteiger partial charge in [-0.3, -0.25) is 0 Å². The van der Waals surface area contributed by atoms with Crippen LogP contribution in [-0.4, -0.2) is 23.1 Å². The fraction of sp³-hybridized carbons (Fsp3) is 0.556. The molecule has 0 saturated heterocycles. The maximum atomic E-state index is 11.0. The van der Waals surface area contributed by atoms with Crippen molar-refractivity contribution in [1.82, 2.24) is 0 Å². The Labute approximate surface area is 76.2 Å². The van der Waals surface area contributed by atoms with E-state index >= 15 is 0 Å². The molecule has 0 spiro atoms. The number of carbonyl (C=O) groups excluding carboxylic acids is 2.